The quantitative estimate of drug-likeness (QED) is 0.355. The molecule has 1 aliphatic carbocycles. The van der Waals surface area contributed by atoms with Crippen molar-refractivity contribution in [2.24, 2.45) is 11.7 Å². The van der Waals surface area contributed by atoms with Crippen molar-refractivity contribution >= 4 is 5.97 Å². The molecule has 1 fully saturated rings. The second-order valence-corrected chi connectivity index (χ2v) is 9.10. The second kappa shape index (κ2) is 12.8. The normalized spacial score (nSPS) is 24.4. The van der Waals surface area contributed by atoms with Crippen LogP contribution in [0.1, 0.15) is 23.1 Å². The number of aliphatic carboxylic acids is 1. The van der Waals surface area contributed by atoms with Gasteiger partial charge in [-0.25, -0.2) is 0 Å². The number of hydrogen-bond acceptors (Lipinski definition) is 6. The van der Waals surface area contributed by atoms with Gasteiger partial charge < -0.3 is 30.2 Å². The fraction of sp³-hybridized carbons (Fsp3) is 0.345. The van der Waals surface area contributed by atoms with Crippen LogP contribution in [0.25, 0.3) is 0 Å². The van der Waals surface area contributed by atoms with Crippen LogP contribution in [0.15, 0.2) is 91.0 Å². The van der Waals surface area contributed by atoms with Gasteiger partial charge in [0.05, 0.1) is 38.4 Å². The van der Waals surface area contributed by atoms with Crippen LogP contribution in [0.5, 0.6) is 0 Å². The third-order valence-corrected chi connectivity index (χ3v) is 6.53. The van der Waals surface area contributed by atoms with Crippen LogP contribution in [-0.2, 0) is 38.8 Å². The molecule has 7 heteroatoms. The molecule has 6 unspecified atom stereocenters. The third kappa shape index (κ3) is 6.78. The summed E-state index contributed by atoms with van der Waals surface area (Å²) < 4.78 is 19.0. The number of benzene rings is 3. The molecule has 0 spiro atoms. The van der Waals surface area contributed by atoms with Crippen molar-refractivity contribution in [1.82, 2.24) is 0 Å². The summed E-state index contributed by atoms with van der Waals surface area (Å²) in [5, 5.41) is 20.3. The zero-order chi connectivity index (χ0) is 25.3. The summed E-state index contributed by atoms with van der Waals surface area (Å²) in [6, 6.07) is 28.4. The van der Waals surface area contributed by atoms with Gasteiger partial charge in [0.25, 0.3) is 0 Å². The topological polar surface area (TPSA) is 111 Å². The first-order chi connectivity index (χ1) is 17.5. The number of aliphatic hydroxyl groups excluding tert-OH is 1. The summed E-state index contributed by atoms with van der Waals surface area (Å²) >= 11 is 0. The number of carboxylic acid groups (broad SMARTS) is 1. The Kier molecular flexibility index (Phi) is 9.22. The van der Waals surface area contributed by atoms with Gasteiger partial charge in [0.15, 0.2) is 0 Å². The lowest BCUT2D eigenvalue weighted by atomic mass is 9.92. The number of carboxylic acids is 1. The first-order valence-electron chi connectivity index (χ1n) is 12.1. The van der Waals surface area contributed by atoms with E-state index in [4.69, 9.17) is 19.9 Å². The van der Waals surface area contributed by atoms with Gasteiger partial charge in [-0.15, -0.1) is 0 Å². The van der Waals surface area contributed by atoms with Crippen LogP contribution in [0.3, 0.4) is 0 Å². The van der Waals surface area contributed by atoms with E-state index in [1.807, 2.05) is 91.0 Å². The van der Waals surface area contributed by atoms with Gasteiger partial charge in [-0.1, -0.05) is 91.0 Å². The van der Waals surface area contributed by atoms with E-state index in [0.717, 1.165) is 16.7 Å². The Hall–Kier alpha value is -3.07. The van der Waals surface area contributed by atoms with Gasteiger partial charge >= 0.3 is 5.97 Å². The van der Waals surface area contributed by atoms with Gasteiger partial charge in [0.1, 0.15) is 12.2 Å². The largest absolute Gasteiger partial charge is 0.481 e. The van der Waals surface area contributed by atoms with E-state index in [2.05, 4.69) is 0 Å². The van der Waals surface area contributed by atoms with Gasteiger partial charge in [-0.3, -0.25) is 4.79 Å². The van der Waals surface area contributed by atoms with Crippen molar-refractivity contribution in [2.45, 2.75) is 56.7 Å². The minimum absolute atomic E-state index is 0.269. The van der Waals surface area contributed by atoms with E-state index in [0.29, 0.717) is 13.2 Å². The summed E-state index contributed by atoms with van der Waals surface area (Å²) in [6.07, 6.45) is -3.55. The second-order valence-electron chi connectivity index (χ2n) is 9.10. The maximum Gasteiger partial charge on any atom is 0.305 e. The molecular weight excluding hydrogens is 458 g/mol. The maximum atomic E-state index is 11.4. The predicted molar refractivity (Wildman–Crippen MR) is 135 cm³/mol. The van der Waals surface area contributed by atoms with E-state index in [9.17, 15) is 15.0 Å². The lowest BCUT2D eigenvalue weighted by molar-refractivity contribution is -0.144. The molecule has 3 aromatic carbocycles. The van der Waals surface area contributed by atoms with Crippen molar-refractivity contribution in [1.29, 1.82) is 0 Å². The molecular formula is C29H33NO6. The molecule has 0 aliphatic heterocycles. The molecule has 0 saturated heterocycles. The highest BCUT2D eigenvalue weighted by molar-refractivity contribution is 5.67. The zero-order valence-electron chi connectivity index (χ0n) is 20.1. The Morgan fingerprint density at radius 3 is 1.50 bits per heavy atom. The maximum absolute atomic E-state index is 11.4. The van der Waals surface area contributed by atoms with Gasteiger partial charge in [-0.05, 0) is 16.7 Å². The Bertz CT molecular complexity index is 1060. The fourth-order valence-corrected chi connectivity index (χ4v) is 4.76. The van der Waals surface area contributed by atoms with E-state index in [1.165, 1.54) is 0 Å². The van der Waals surface area contributed by atoms with Gasteiger partial charge in [-0.2, -0.15) is 0 Å². The molecule has 1 aliphatic rings. The summed E-state index contributed by atoms with van der Waals surface area (Å²) in [4.78, 5) is 11.4. The van der Waals surface area contributed by atoms with Crippen molar-refractivity contribution in [3.63, 3.8) is 0 Å². The standard InChI is InChI=1S/C29H33NO6/c30-26-25(23(31)16-24(32)33)27(34-17-20-10-4-1-5-11-20)29(36-19-22-14-8-3-9-15-22)28(26)35-18-21-12-6-2-7-13-21/h1-15,23,25-29,31H,16-19,30H2,(H,32,33). The third-order valence-electron chi connectivity index (χ3n) is 6.53. The number of aliphatic hydroxyl groups is 1. The highest BCUT2D eigenvalue weighted by Crippen LogP contribution is 2.37. The Morgan fingerprint density at radius 2 is 1.08 bits per heavy atom. The Morgan fingerprint density at radius 1 is 0.694 bits per heavy atom. The molecule has 0 heterocycles. The van der Waals surface area contributed by atoms with Crippen molar-refractivity contribution in [2.75, 3.05) is 0 Å². The first-order valence-corrected chi connectivity index (χ1v) is 12.1. The first kappa shape index (κ1) is 26.0. The molecule has 1 saturated carbocycles. The lowest BCUT2D eigenvalue weighted by Gasteiger charge is -2.29. The molecule has 0 radical (unpaired) electrons. The van der Waals surface area contributed by atoms with Crippen LogP contribution in [0.4, 0.5) is 0 Å². The number of ether oxygens (including phenoxy) is 3. The van der Waals surface area contributed by atoms with Crippen LogP contribution >= 0.6 is 0 Å². The zero-order valence-corrected chi connectivity index (χ0v) is 20.1. The summed E-state index contributed by atoms with van der Waals surface area (Å²) in [5.74, 6) is -1.79. The van der Waals surface area contributed by atoms with E-state index in [-0.39, 0.29) is 6.61 Å². The molecule has 4 rings (SSSR count). The van der Waals surface area contributed by atoms with E-state index >= 15 is 0 Å². The van der Waals surface area contributed by atoms with Crippen LogP contribution in [0, 0.1) is 5.92 Å². The van der Waals surface area contributed by atoms with Crippen LogP contribution < -0.4 is 5.73 Å². The molecule has 0 amide bonds. The highest BCUT2D eigenvalue weighted by atomic mass is 16.6. The van der Waals surface area contributed by atoms with E-state index in [1.54, 1.807) is 0 Å². The Balaban J connectivity index is 1.59. The number of nitrogens with two attached hydrogens (primary N) is 1. The molecule has 0 aromatic heterocycles. The number of rotatable bonds is 12. The molecule has 190 valence electrons. The summed E-state index contributed by atoms with van der Waals surface area (Å²) in [5.41, 5.74) is 9.55. The summed E-state index contributed by atoms with van der Waals surface area (Å²) in [7, 11) is 0. The van der Waals surface area contributed by atoms with Crippen LogP contribution in [-0.4, -0.2) is 46.6 Å². The minimum atomic E-state index is -1.22. The minimum Gasteiger partial charge on any atom is -0.481 e. The molecule has 36 heavy (non-hydrogen) atoms. The number of carbonyl (C=O) groups is 1. The molecule has 0 bridgehead atoms. The highest BCUT2D eigenvalue weighted by Gasteiger charge is 2.54. The smallest absolute Gasteiger partial charge is 0.305 e. The average Bonchev–Trinajstić information content (AvgIpc) is 3.16. The van der Waals surface area contributed by atoms with Crippen molar-refractivity contribution in [3.05, 3.63) is 108 Å². The van der Waals surface area contributed by atoms with Crippen LogP contribution in [0.2, 0.25) is 0 Å². The summed E-state index contributed by atoms with van der Waals surface area (Å²) in [6.45, 7) is 0.874. The average molecular weight is 492 g/mol. The monoisotopic (exact) mass is 491 g/mol. The SMILES string of the molecule is NC1C(OCc2ccccc2)C(OCc2ccccc2)C(OCc2ccccc2)C1C(O)CC(=O)O. The molecule has 7 nitrogen and oxygen atoms in total. The lowest BCUT2D eigenvalue weighted by Crippen LogP contribution is -2.44. The van der Waals surface area contributed by atoms with Crippen molar-refractivity contribution in [3.8, 4) is 0 Å². The molecule has 4 N–H and O–H groups in total. The number of hydrogen-bond donors (Lipinski definition) is 3. The Labute approximate surface area is 211 Å². The fourth-order valence-electron chi connectivity index (χ4n) is 4.76. The predicted octanol–water partition coefficient (Wildman–Crippen LogP) is 3.54. The van der Waals surface area contributed by atoms with Gasteiger partial charge in [0.2, 0.25) is 0 Å². The molecule has 6 atom stereocenters. The van der Waals surface area contributed by atoms with E-state index < -0.39 is 48.8 Å². The molecule has 3 aromatic rings. The van der Waals surface area contributed by atoms with Gasteiger partial charge in [0, 0.05) is 12.0 Å². The van der Waals surface area contributed by atoms with Crippen molar-refractivity contribution < 1.29 is 29.2 Å².